The second-order valence-corrected chi connectivity index (χ2v) is 14.4. The van der Waals surface area contributed by atoms with Crippen LogP contribution in [0.5, 0.6) is 0 Å². The van der Waals surface area contributed by atoms with Gasteiger partial charge < -0.3 is 26.6 Å². The number of piperidine rings is 1. The van der Waals surface area contributed by atoms with Crippen molar-refractivity contribution < 1.29 is 19.2 Å². The van der Waals surface area contributed by atoms with Crippen LogP contribution in [-0.2, 0) is 24.6 Å². The Balaban J connectivity index is 1.18. The molecule has 1 aliphatic heterocycles. The van der Waals surface area contributed by atoms with Crippen molar-refractivity contribution in [3.8, 4) is 0 Å². The highest BCUT2D eigenvalue weighted by Gasteiger charge is 2.39. The Hall–Kier alpha value is -4.50. The number of hydrogen-bond donors (Lipinski definition) is 4. The second-order valence-electron chi connectivity index (χ2n) is 14.4. The van der Waals surface area contributed by atoms with Crippen LogP contribution in [0.15, 0.2) is 91.0 Å². The Bertz CT molecular complexity index is 1450. The number of amides is 4. The van der Waals surface area contributed by atoms with Gasteiger partial charge in [0.05, 0.1) is 5.41 Å². The summed E-state index contributed by atoms with van der Waals surface area (Å²) in [6.45, 7) is 4.10. The number of hydrogen-bond acceptors (Lipinski definition) is 5. The zero-order valence-electron chi connectivity index (χ0n) is 29.9. The van der Waals surface area contributed by atoms with Gasteiger partial charge in [0, 0.05) is 45.4 Å². The van der Waals surface area contributed by atoms with Gasteiger partial charge in [-0.25, -0.2) is 0 Å². The third kappa shape index (κ3) is 11.0. The van der Waals surface area contributed by atoms with Gasteiger partial charge in [-0.15, -0.1) is 0 Å². The summed E-state index contributed by atoms with van der Waals surface area (Å²) in [7, 11) is 0. The largest absolute Gasteiger partial charge is 0.370 e. The zero-order chi connectivity index (χ0) is 35.9. The average Bonchev–Trinajstić information content (AvgIpc) is 3.16. The number of carbonyl (C=O) groups excluding carboxylic acids is 4. The van der Waals surface area contributed by atoms with E-state index in [1.54, 1.807) is 0 Å². The summed E-state index contributed by atoms with van der Waals surface area (Å²) in [5.41, 5.74) is 7.42. The smallest absolute Gasteiger partial charge is 0.242 e. The van der Waals surface area contributed by atoms with E-state index < -0.39 is 23.3 Å². The molecule has 1 heterocycles. The molecular formula is C42H55N5O4. The molecule has 1 saturated heterocycles. The van der Waals surface area contributed by atoms with Gasteiger partial charge in [0.15, 0.2) is 0 Å². The lowest BCUT2D eigenvalue weighted by atomic mass is 9.67. The van der Waals surface area contributed by atoms with E-state index >= 15 is 0 Å². The molecule has 3 aromatic rings. The van der Waals surface area contributed by atoms with Crippen molar-refractivity contribution in [2.45, 2.75) is 82.1 Å². The molecule has 3 aromatic carbocycles. The highest BCUT2D eigenvalue weighted by Crippen LogP contribution is 2.42. The molecule has 272 valence electrons. The zero-order valence-corrected chi connectivity index (χ0v) is 29.9. The number of likely N-dealkylation sites (tertiary alicyclic amines) is 1. The quantitative estimate of drug-likeness (QED) is 0.147. The first-order chi connectivity index (χ1) is 24.8. The predicted octanol–water partition coefficient (Wildman–Crippen LogP) is 5.08. The van der Waals surface area contributed by atoms with Crippen LogP contribution < -0.4 is 21.7 Å². The molecule has 1 saturated carbocycles. The first-order valence-corrected chi connectivity index (χ1v) is 18.8. The molecule has 5 rings (SSSR count). The number of carbonyl (C=O) groups is 4. The Labute approximate surface area is 303 Å². The summed E-state index contributed by atoms with van der Waals surface area (Å²) in [6, 6.07) is 28.6. The monoisotopic (exact) mass is 693 g/mol. The Morgan fingerprint density at radius 1 is 0.706 bits per heavy atom. The van der Waals surface area contributed by atoms with Crippen LogP contribution in [0.3, 0.4) is 0 Å². The first-order valence-electron chi connectivity index (χ1n) is 18.8. The van der Waals surface area contributed by atoms with Crippen LogP contribution in [0.4, 0.5) is 0 Å². The lowest BCUT2D eigenvalue weighted by Gasteiger charge is -2.36. The van der Waals surface area contributed by atoms with E-state index in [9.17, 15) is 19.2 Å². The third-order valence-electron chi connectivity index (χ3n) is 10.6. The fourth-order valence-electron chi connectivity index (χ4n) is 8.00. The van der Waals surface area contributed by atoms with Crippen molar-refractivity contribution in [1.82, 2.24) is 20.9 Å². The normalized spacial score (nSPS) is 17.6. The minimum absolute atomic E-state index is 0.0209. The topological polar surface area (TPSA) is 134 Å². The van der Waals surface area contributed by atoms with Crippen LogP contribution in [0.25, 0.3) is 0 Å². The maximum atomic E-state index is 14.0. The van der Waals surface area contributed by atoms with Crippen molar-refractivity contribution in [2.75, 3.05) is 32.7 Å². The lowest BCUT2D eigenvalue weighted by Crippen LogP contribution is -2.49. The van der Waals surface area contributed by atoms with E-state index in [0.717, 1.165) is 48.5 Å². The fraction of sp³-hybridized carbons (Fsp3) is 0.476. The van der Waals surface area contributed by atoms with Crippen LogP contribution in [0, 0.1) is 11.8 Å². The Kier molecular flexibility index (Phi) is 14.2. The number of primary amides is 1. The molecule has 2 unspecified atom stereocenters. The van der Waals surface area contributed by atoms with Crippen molar-refractivity contribution in [1.29, 1.82) is 0 Å². The molecule has 2 fully saturated rings. The van der Waals surface area contributed by atoms with Crippen molar-refractivity contribution in [3.05, 3.63) is 108 Å². The fourth-order valence-corrected chi connectivity index (χ4v) is 8.00. The van der Waals surface area contributed by atoms with E-state index in [0.29, 0.717) is 12.5 Å². The molecule has 1 aliphatic carbocycles. The Morgan fingerprint density at radius 2 is 1.27 bits per heavy atom. The number of nitrogens with one attached hydrogen (secondary N) is 3. The highest BCUT2D eigenvalue weighted by atomic mass is 16.2. The SMILES string of the molecule is NC(=O)CCC(NC(=O)CC(c1ccccc1)(c1ccccc1)c1ccccc1)C(=O)NCCC(=O)NCC1CCCN(CC2CCCCC2)C1. The second kappa shape index (κ2) is 19.2. The van der Waals surface area contributed by atoms with E-state index in [1.165, 1.54) is 38.6 Å². The maximum Gasteiger partial charge on any atom is 0.242 e. The molecule has 4 amide bonds. The van der Waals surface area contributed by atoms with Gasteiger partial charge in [0.1, 0.15) is 6.04 Å². The van der Waals surface area contributed by atoms with Gasteiger partial charge >= 0.3 is 0 Å². The number of benzene rings is 3. The van der Waals surface area contributed by atoms with E-state index in [1.807, 2.05) is 91.0 Å². The molecular weight excluding hydrogens is 638 g/mol. The summed E-state index contributed by atoms with van der Waals surface area (Å²) in [5, 5.41) is 8.80. The summed E-state index contributed by atoms with van der Waals surface area (Å²) in [4.78, 5) is 54.6. The molecule has 0 radical (unpaired) electrons. The third-order valence-corrected chi connectivity index (χ3v) is 10.6. The van der Waals surface area contributed by atoms with Gasteiger partial charge in [-0.2, -0.15) is 0 Å². The summed E-state index contributed by atoms with van der Waals surface area (Å²) in [6.07, 6.45) is 9.14. The molecule has 9 heteroatoms. The van der Waals surface area contributed by atoms with Crippen LogP contribution in [0.1, 0.15) is 87.3 Å². The molecule has 2 atom stereocenters. The number of nitrogens with zero attached hydrogens (tertiary/aromatic N) is 1. The number of rotatable bonds is 17. The van der Waals surface area contributed by atoms with Crippen LogP contribution in [-0.4, -0.2) is 67.3 Å². The van der Waals surface area contributed by atoms with E-state index in [4.69, 9.17) is 5.73 Å². The van der Waals surface area contributed by atoms with Crippen molar-refractivity contribution in [3.63, 3.8) is 0 Å². The highest BCUT2D eigenvalue weighted by molar-refractivity contribution is 5.89. The standard InChI is InChI=1S/C42H55N5O4/c43-38(48)24-23-37(41(51)44-26-25-39(49)45-29-33-16-13-27-47(31-33)30-32-14-5-1-6-15-32)46-40(50)28-42(34-17-7-2-8-18-34,35-19-9-3-10-20-35)36-21-11-4-12-22-36/h2-4,7-12,17-22,32-33,37H,1,5-6,13-16,23-31H2,(H2,43,48)(H,44,51)(H,45,49)(H,46,50). The summed E-state index contributed by atoms with van der Waals surface area (Å²) >= 11 is 0. The number of nitrogens with two attached hydrogens (primary N) is 1. The molecule has 9 nitrogen and oxygen atoms in total. The predicted molar refractivity (Wildman–Crippen MR) is 201 cm³/mol. The van der Waals surface area contributed by atoms with E-state index in [2.05, 4.69) is 20.9 Å². The minimum atomic E-state index is -0.995. The van der Waals surface area contributed by atoms with Gasteiger partial charge in [0.2, 0.25) is 23.6 Å². The first kappa shape index (κ1) is 37.7. The van der Waals surface area contributed by atoms with Gasteiger partial charge in [-0.05, 0) is 67.2 Å². The lowest BCUT2D eigenvalue weighted by molar-refractivity contribution is -0.130. The molecule has 0 aromatic heterocycles. The molecule has 5 N–H and O–H groups in total. The maximum absolute atomic E-state index is 14.0. The van der Waals surface area contributed by atoms with Crippen molar-refractivity contribution >= 4 is 23.6 Å². The summed E-state index contributed by atoms with van der Waals surface area (Å²) < 4.78 is 0. The average molecular weight is 694 g/mol. The van der Waals surface area contributed by atoms with Gasteiger partial charge in [-0.3, -0.25) is 19.2 Å². The summed E-state index contributed by atoms with van der Waals surface area (Å²) in [5.74, 6) is -0.230. The van der Waals surface area contributed by atoms with Gasteiger partial charge in [0.25, 0.3) is 0 Å². The molecule has 0 spiro atoms. The minimum Gasteiger partial charge on any atom is -0.370 e. The van der Waals surface area contributed by atoms with Crippen molar-refractivity contribution in [2.24, 2.45) is 17.6 Å². The molecule has 0 bridgehead atoms. The Morgan fingerprint density at radius 3 is 1.84 bits per heavy atom. The van der Waals surface area contributed by atoms with Crippen LogP contribution >= 0.6 is 0 Å². The molecule has 2 aliphatic rings. The molecule has 51 heavy (non-hydrogen) atoms. The van der Waals surface area contributed by atoms with Gasteiger partial charge in [-0.1, -0.05) is 110 Å². The van der Waals surface area contributed by atoms with Crippen LogP contribution in [0.2, 0.25) is 0 Å². The van der Waals surface area contributed by atoms with E-state index in [-0.39, 0.29) is 44.0 Å².